The Bertz CT molecular complexity index is 666. The maximum Gasteiger partial charge on any atom is 0.0712 e. The third kappa shape index (κ3) is 3.85. The first-order valence-corrected chi connectivity index (χ1v) is 12.1. The highest BCUT2D eigenvalue weighted by Gasteiger charge is 2.26. The summed E-state index contributed by atoms with van der Waals surface area (Å²) < 4.78 is 0. The first-order valence-electron chi connectivity index (χ1n) is 9.20. The molecule has 1 nitrogen and oxygen atoms in total. The smallest absolute Gasteiger partial charge is 0.0712 e. The van der Waals surface area contributed by atoms with Crippen molar-refractivity contribution in [2.45, 2.75) is 49.8 Å². The normalized spacial score (nSPS) is 18.3. The van der Waals surface area contributed by atoms with E-state index in [2.05, 4.69) is 68.3 Å². The summed E-state index contributed by atoms with van der Waals surface area (Å²) >= 11 is 0. The third-order valence-electron chi connectivity index (χ3n) is 5.47. The Hall–Kier alpha value is -1.28. The topological polar surface area (TPSA) is 12.9 Å². The summed E-state index contributed by atoms with van der Waals surface area (Å²) in [6, 6.07) is 13.0. The fraction of sp³-hybridized carbons (Fsp3) is 0.500. The lowest BCUT2D eigenvalue weighted by Crippen LogP contribution is -2.16. The minimum absolute atomic E-state index is 0.629. The zero-order valence-corrected chi connectivity index (χ0v) is 16.4. The highest BCUT2D eigenvalue weighted by molar-refractivity contribution is 8.32. The van der Waals surface area contributed by atoms with Crippen LogP contribution < -0.4 is 0 Å². The molecule has 1 aromatic heterocycles. The first-order chi connectivity index (χ1) is 11.5. The number of hydrogen-bond donors (Lipinski definition) is 0. The molecule has 0 amide bonds. The lowest BCUT2D eigenvalue weighted by atomic mass is 9.78. The molecule has 3 rings (SSSR count). The number of benzene rings is 1. The predicted octanol–water partition coefficient (Wildman–Crippen LogP) is 6.49. The molecule has 0 radical (unpaired) electrons. The fourth-order valence-electron chi connectivity index (χ4n) is 3.97. The summed E-state index contributed by atoms with van der Waals surface area (Å²) in [6.07, 6.45) is 16.4. The monoisotopic (exact) mass is 341 g/mol. The van der Waals surface area contributed by atoms with Crippen molar-refractivity contribution in [3.05, 3.63) is 48.2 Å². The van der Waals surface area contributed by atoms with Crippen LogP contribution in [0.2, 0.25) is 0 Å². The van der Waals surface area contributed by atoms with Crippen LogP contribution in [0.1, 0.15) is 50.5 Å². The highest BCUT2D eigenvalue weighted by Crippen LogP contribution is 2.51. The van der Waals surface area contributed by atoms with Gasteiger partial charge in [-0.25, -0.2) is 10.0 Å². The van der Waals surface area contributed by atoms with Gasteiger partial charge in [-0.1, -0.05) is 56.5 Å². The molecule has 0 saturated heterocycles. The van der Waals surface area contributed by atoms with Crippen LogP contribution in [-0.4, -0.2) is 23.8 Å². The van der Waals surface area contributed by atoms with Gasteiger partial charge >= 0.3 is 0 Å². The van der Waals surface area contributed by atoms with Crippen molar-refractivity contribution in [1.82, 2.24) is 4.98 Å². The van der Waals surface area contributed by atoms with E-state index in [-0.39, 0.29) is 0 Å². The van der Waals surface area contributed by atoms with Gasteiger partial charge < -0.3 is 0 Å². The molecule has 1 aromatic carbocycles. The number of nitrogens with zero attached hydrogens (tertiary/aromatic N) is 1. The summed E-state index contributed by atoms with van der Waals surface area (Å²) in [4.78, 5) is 6.40. The van der Waals surface area contributed by atoms with Gasteiger partial charge in [0.1, 0.15) is 0 Å². The second kappa shape index (κ2) is 7.31. The molecule has 1 saturated carbocycles. The average Bonchev–Trinajstić information content (AvgIpc) is 2.61. The molecule has 130 valence electrons. The van der Waals surface area contributed by atoms with E-state index in [0.29, 0.717) is 5.92 Å². The van der Waals surface area contributed by atoms with Crippen molar-refractivity contribution >= 4 is 10.0 Å². The molecule has 2 heteroatoms. The molecule has 1 atom stereocenters. The van der Waals surface area contributed by atoms with Crippen LogP contribution >= 0.6 is 10.0 Å². The Kier molecular flexibility index (Phi) is 5.34. The van der Waals surface area contributed by atoms with E-state index in [0.717, 1.165) is 11.6 Å². The Labute approximate surface area is 149 Å². The predicted molar refractivity (Wildman–Crippen MR) is 108 cm³/mol. The van der Waals surface area contributed by atoms with Gasteiger partial charge in [0.05, 0.1) is 5.69 Å². The Morgan fingerprint density at radius 1 is 1.00 bits per heavy atom. The molecule has 0 spiro atoms. The van der Waals surface area contributed by atoms with Crippen molar-refractivity contribution in [2.75, 3.05) is 18.8 Å². The van der Waals surface area contributed by atoms with Crippen molar-refractivity contribution in [3.8, 4) is 11.3 Å². The maximum absolute atomic E-state index is 4.85. The Morgan fingerprint density at radius 3 is 2.29 bits per heavy atom. The van der Waals surface area contributed by atoms with Gasteiger partial charge in [0, 0.05) is 11.8 Å². The van der Waals surface area contributed by atoms with E-state index in [1.54, 1.807) is 4.90 Å². The van der Waals surface area contributed by atoms with Crippen LogP contribution in [0, 0.1) is 5.92 Å². The van der Waals surface area contributed by atoms with Crippen molar-refractivity contribution in [1.29, 1.82) is 0 Å². The van der Waals surface area contributed by atoms with Gasteiger partial charge in [-0.2, -0.15) is 0 Å². The van der Waals surface area contributed by atoms with Crippen LogP contribution in [0.5, 0.6) is 0 Å². The molecular formula is C22H31NS. The molecule has 1 heterocycles. The number of hydrogen-bond acceptors (Lipinski definition) is 1. The number of rotatable bonds is 4. The van der Waals surface area contributed by atoms with Crippen LogP contribution in [0.3, 0.4) is 0 Å². The molecular weight excluding hydrogens is 310 g/mol. The van der Waals surface area contributed by atoms with E-state index >= 15 is 0 Å². The zero-order chi connectivity index (χ0) is 17.2. The van der Waals surface area contributed by atoms with E-state index in [4.69, 9.17) is 4.98 Å². The van der Waals surface area contributed by atoms with Crippen LogP contribution in [0.25, 0.3) is 11.3 Å². The standard InChI is InChI=1S/C22H31NS/c1-17(18-11-7-5-8-12-18)20-16-23-21(15-22(20)24(2,3)4)19-13-9-6-10-14-19/h6,9-10,13-18H,5,7-8,11-12H2,1-4H3. The van der Waals surface area contributed by atoms with E-state index < -0.39 is 10.0 Å². The first kappa shape index (κ1) is 17.5. The Morgan fingerprint density at radius 2 is 1.67 bits per heavy atom. The molecule has 2 aromatic rings. The molecule has 1 aliphatic rings. The summed E-state index contributed by atoms with van der Waals surface area (Å²) in [7, 11) is -0.788. The zero-order valence-electron chi connectivity index (χ0n) is 15.6. The number of pyridine rings is 1. The van der Waals surface area contributed by atoms with E-state index in [9.17, 15) is 0 Å². The molecule has 0 aliphatic heterocycles. The summed E-state index contributed by atoms with van der Waals surface area (Å²) in [6.45, 7) is 2.43. The molecule has 1 unspecified atom stereocenters. The molecule has 1 fully saturated rings. The van der Waals surface area contributed by atoms with Crippen molar-refractivity contribution in [3.63, 3.8) is 0 Å². The molecule has 0 N–H and O–H groups in total. The highest BCUT2D eigenvalue weighted by atomic mass is 32.3. The number of aromatic nitrogens is 1. The largest absolute Gasteiger partial charge is 0.256 e. The van der Waals surface area contributed by atoms with Crippen molar-refractivity contribution < 1.29 is 0 Å². The average molecular weight is 342 g/mol. The lowest BCUT2D eigenvalue weighted by molar-refractivity contribution is 0.314. The Balaban J connectivity index is 1.99. The SMILES string of the molecule is CC(c1cnc(-c2ccccc2)cc1S(C)(C)C)C1CCCCC1. The van der Waals surface area contributed by atoms with Gasteiger partial charge in [-0.15, -0.1) is 0 Å². The van der Waals surface area contributed by atoms with Crippen LogP contribution in [0.4, 0.5) is 0 Å². The van der Waals surface area contributed by atoms with Gasteiger partial charge in [0.2, 0.25) is 0 Å². The second-order valence-corrected chi connectivity index (χ2v) is 12.1. The van der Waals surface area contributed by atoms with Crippen molar-refractivity contribution in [2.24, 2.45) is 5.92 Å². The van der Waals surface area contributed by atoms with Crippen LogP contribution in [0.15, 0.2) is 47.5 Å². The van der Waals surface area contributed by atoms with Gasteiger partial charge in [-0.05, 0) is 60.0 Å². The second-order valence-electron chi connectivity index (χ2n) is 8.00. The third-order valence-corrected chi connectivity index (χ3v) is 7.14. The van der Waals surface area contributed by atoms with Gasteiger partial charge in [0.25, 0.3) is 0 Å². The van der Waals surface area contributed by atoms with E-state index in [1.807, 2.05) is 0 Å². The quantitative estimate of drug-likeness (QED) is 0.619. The molecule has 24 heavy (non-hydrogen) atoms. The molecule has 0 bridgehead atoms. The van der Waals surface area contributed by atoms with Gasteiger partial charge in [0.15, 0.2) is 0 Å². The van der Waals surface area contributed by atoms with E-state index in [1.165, 1.54) is 43.2 Å². The maximum atomic E-state index is 4.85. The minimum Gasteiger partial charge on any atom is -0.256 e. The fourth-order valence-corrected chi connectivity index (χ4v) is 5.39. The lowest BCUT2D eigenvalue weighted by Gasteiger charge is -2.34. The summed E-state index contributed by atoms with van der Waals surface area (Å²) in [5.41, 5.74) is 3.84. The summed E-state index contributed by atoms with van der Waals surface area (Å²) in [5, 5.41) is 0. The minimum atomic E-state index is -0.788. The van der Waals surface area contributed by atoms with Crippen LogP contribution in [-0.2, 0) is 0 Å². The molecule has 1 aliphatic carbocycles. The summed E-state index contributed by atoms with van der Waals surface area (Å²) in [5.74, 6) is 1.47. The van der Waals surface area contributed by atoms with Gasteiger partial charge in [-0.3, -0.25) is 4.98 Å².